The van der Waals surface area contributed by atoms with Gasteiger partial charge in [-0.3, -0.25) is 4.79 Å². The standard InChI is InChI=1S/C15H12O4/c1-9-5-4-8-12(13(9)16)14(17)10-6-2-3-7-11(10)15(18)19/h2-8,16H,1H3,(H,18,19)/p-1. The third kappa shape index (κ3) is 2.33. The molecular formula is C15H11O4-. The molecule has 0 spiro atoms. The van der Waals surface area contributed by atoms with E-state index in [0.29, 0.717) is 5.56 Å². The van der Waals surface area contributed by atoms with E-state index in [4.69, 9.17) is 5.11 Å². The molecule has 2 rings (SSSR count). The Hall–Kier alpha value is -2.62. The van der Waals surface area contributed by atoms with Crippen molar-refractivity contribution in [2.45, 2.75) is 6.92 Å². The summed E-state index contributed by atoms with van der Waals surface area (Å²) in [5, 5.41) is 21.0. The number of benzene rings is 2. The lowest BCUT2D eigenvalue weighted by Gasteiger charge is -2.16. The van der Waals surface area contributed by atoms with E-state index in [-0.39, 0.29) is 22.4 Å². The SMILES string of the molecule is Cc1cccc(C(=O)c2ccccc2C(=O)O)c1[O-]. The largest absolute Gasteiger partial charge is 0.872 e. The van der Waals surface area contributed by atoms with Crippen molar-refractivity contribution in [2.75, 3.05) is 0 Å². The maximum absolute atomic E-state index is 12.3. The summed E-state index contributed by atoms with van der Waals surface area (Å²) in [6.45, 7) is 1.61. The average Bonchev–Trinajstić information content (AvgIpc) is 2.41. The molecule has 0 fully saturated rings. The molecule has 0 atom stereocenters. The van der Waals surface area contributed by atoms with Gasteiger partial charge in [-0.25, -0.2) is 4.79 Å². The van der Waals surface area contributed by atoms with Crippen molar-refractivity contribution in [3.05, 3.63) is 64.7 Å². The molecule has 0 unspecified atom stereocenters. The molecule has 4 heteroatoms. The zero-order valence-corrected chi connectivity index (χ0v) is 10.2. The van der Waals surface area contributed by atoms with Crippen LogP contribution in [-0.4, -0.2) is 16.9 Å². The molecule has 0 radical (unpaired) electrons. The second-order valence-corrected chi connectivity index (χ2v) is 4.13. The monoisotopic (exact) mass is 255 g/mol. The number of carbonyl (C=O) groups excluding carboxylic acids is 1. The first kappa shape index (κ1) is 12.8. The summed E-state index contributed by atoms with van der Waals surface area (Å²) in [4.78, 5) is 23.4. The number of ketones is 1. The van der Waals surface area contributed by atoms with Crippen molar-refractivity contribution in [1.82, 2.24) is 0 Å². The lowest BCUT2D eigenvalue weighted by atomic mass is 9.96. The van der Waals surface area contributed by atoms with E-state index in [1.807, 2.05) is 0 Å². The Morgan fingerprint density at radius 1 is 0.947 bits per heavy atom. The van der Waals surface area contributed by atoms with Crippen molar-refractivity contribution in [3.8, 4) is 5.75 Å². The number of hydrogen-bond donors (Lipinski definition) is 1. The van der Waals surface area contributed by atoms with Crippen molar-refractivity contribution in [2.24, 2.45) is 0 Å². The molecule has 1 N–H and O–H groups in total. The second kappa shape index (κ2) is 4.94. The Labute approximate surface area is 109 Å². The first-order valence-corrected chi connectivity index (χ1v) is 5.66. The van der Waals surface area contributed by atoms with Gasteiger partial charge in [-0.2, -0.15) is 0 Å². The molecular weight excluding hydrogens is 244 g/mol. The Morgan fingerprint density at radius 2 is 1.53 bits per heavy atom. The highest BCUT2D eigenvalue weighted by molar-refractivity contribution is 6.15. The molecule has 2 aromatic carbocycles. The molecule has 4 nitrogen and oxygen atoms in total. The number of carboxylic acid groups (broad SMARTS) is 1. The molecule has 0 aliphatic heterocycles. The summed E-state index contributed by atoms with van der Waals surface area (Å²) < 4.78 is 0. The zero-order valence-electron chi connectivity index (χ0n) is 10.2. The normalized spacial score (nSPS) is 10.2. The van der Waals surface area contributed by atoms with E-state index in [1.165, 1.54) is 24.3 Å². The topological polar surface area (TPSA) is 77.4 Å². The van der Waals surface area contributed by atoms with Crippen LogP contribution < -0.4 is 5.11 Å². The van der Waals surface area contributed by atoms with Gasteiger partial charge in [0.2, 0.25) is 0 Å². The highest BCUT2D eigenvalue weighted by atomic mass is 16.4. The number of aromatic carboxylic acids is 1. The van der Waals surface area contributed by atoms with Crippen LogP contribution in [0, 0.1) is 6.92 Å². The maximum Gasteiger partial charge on any atom is 0.336 e. The molecule has 0 saturated heterocycles. The van der Waals surface area contributed by atoms with Gasteiger partial charge < -0.3 is 10.2 Å². The molecule has 19 heavy (non-hydrogen) atoms. The lowest BCUT2D eigenvalue weighted by Crippen LogP contribution is -2.12. The van der Waals surface area contributed by atoms with Crippen LogP contribution in [0.25, 0.3) is 0 Å². The summed E-state index contributed by atoms with van der Waals surface area (Å²) in [5.74, 6) is -2.12. The third-order valence-electron chi connectivity index (χ3n) is 2.86. The van der Waals surface area contributed by atoms with E-state index >= 15 is 0 Å². The van der Waals surface area contributed by atoms with Crippen LogP contribution >= 0.6 is 0 Å². The van der Waals surface area contributed by atoms with Gasteiger partial charge in [-0.1, -0.05) is 47.7 Å². The van der Waals surface area contributed by atoms with Gasteiger partial charge in [0, 0.05) is 11.1 Å². The lowest BCUT2D eigenvalue weighted by molar-refractivity contribution is -0.269. The van der Waals surface area contributed by atoms with Gasteiger partial charge in [0.1, 0.15) is 0 Å². The van der Waals surface area contributed by atoms with Crippen LogP contribution in [0.15, 0.2) is 42.5 Å². The summed E-state index contributed by atoms with van der Waals surface area (Å²) in [6.07, 6.45) is 0. The minimum absolute atomic E-state index is 0.00583. The van der Waals surface area contributed by atoms with E-state index < -0.39 is 11.8 Å². The van der Waals surface area contributed by atoms with Crippen LogP contribution in [0.1, 0.15) is 31.8 Å². The number of para-hydroxylation sites is 1. The van der Waals surface area contributed by atoms with Gasteiger partial charge in [0.25, 0.3) is 0 Å². The fourth-order valence-corrected chi connectivity index (χ4v) is 1.84. The van der Waals surface area contributed by atoms with Gasteiger partial charge >= 0.3 is 5.97 Å². The Bertz CT molecular complexity index is 659. The average molecular weight is 255 g/mol. The van der Waals surface area contributed by atoms with E-state index in [2.05, 4.69) is 0 Å². The smallest absolute Gasteiger partial charge is 0.336 e. The van der Waals surface area contributed by atoms with Crippen LogP contribution in [0.4, 0.5) is 0 Å². The van der Waals surface area contributed by atoms with Gasteiger partial charge in [-0.05, 0) is 13.0 Å². The van der Waals surface area contributed by atoms with Crippen molar-refractivity contribution < 1.29 is 19.8 Å². The Kier molecular flexibility index (Phi) is 3.33. The van der Waals surface area contributed by atoms with Crippen LogP contribution in [0.2, 0.25) is 0 Å². The van der Waals surface area contributed by atoms with Crippen molar-refractivity contribution in [3.63, 3.8) is 0 Å². The second-order valence-electron chi connectivity index (χ2n) is 4.13. The van der Waals surface area contributed by atoms with E-state index in [9.17, 15) is 14.7 Å². The Morgan fingerprint density at radius 3 is 2.16 bits per heavy atom. The molecule has 2 aromatic rings. The maximum atomic E-state index is 12.3. The zero-order chi connectivity index (χ0) is 14.0. The molecule has 0 bridgehead atoms. The van der Waals surface area contributed by atoms with E-state index in [0.717, 1.165) is 0 Å². The number of hydrogen-bond acceptors (Lipinski definition) is 3. The highest BCUT2D eigenvalue weighted by Gasteiger charge is 2.17. The van der Waals surface area contributed by atoms with E-state index in [1.54, 1.807) is 25.1 Å². The molecule has 0 amide bonds. The number of carboxylic acids is 1. The number of rotatable bonds is 3. The predicted octanol–water partition coefficient (Wildman–Crippen LogP) is 2.00. The number of carbonyl (C=O) groups is 2. The summed E-state index contributed by atoms with van der Waals surface area (Å²) in [5.41, 5.74) is 0.374. The van der Waals surface area contributed by atoms with Crippen molar-refractivity contribution >= 4 is 11.8 Å². The quantitative estimate of drug-likeness (QED) is 0.851. The summed E-state index contributed by atoms with van der Waals surface area (Å²) >= 11 is 0. The molecule has 0 saturated carbocycles. The Balaban J connectivity index is 2.57. The highest BCUT2D eigenvalue weighted by Crippen LogP contribution is 2.23. The van der Waals surface area contributed by atoms with Gasteiger partial charge in [-0.15, -0.1) is 0 Å². The molecule has 0 heterocycles. The predicted molar refractivity (Wildman–Crippen MR) is 67.5 cm³/mol. The minimum atomic E-state index is -1.19. The van der Waals surface area contributed by atoms with Crippen LogP contribution in [0.3, 0.4) is 0 Å². The first-order valence-electron chi connectivity index (χ1n) is 5.66. The third-order valence-corrected chi connectivity index (χ3v) is 2.86. The van der Waals surface area contributed by atoms with Gasteiger partial charge in [0.05, 0.1) is 5.56 Å². The minimum Gasteiger partial charge on any atom is -0.872 e. The fourth-order valence-electron chi connectivity index (χ4n) is 1.84. The summed E-state index contributed by atoms with van der Waals surface area (Å²) in [7, 11) is 0. The van der Waals surface area contributed by atoms with Gasteiger partial charge in [0.15, 0.2) is 5.78 Å². The fraction of sp³-hybridized carbons (Fsp3) is 0.0667. The summed E-state index contributed by atoms with van der Waals surface area (Å²) in [6, 6.07) is 10.5. The van der Waals surface area contributed by atoms with Crippen molar-refractivity contribution in [1.29, 1.82) is 0 Å². The molecule has 0 aliphatic carbocycles. The first-order chi connectivity index (χ1) is 9.02. The molecule has 96 valence electrons. The number of aryl methyl sites for hydroxylation is 1. The molecule has 0 aromatic heterocycles. The van der Waals surface area contributed by atoms with Crippen LogP contribution in [-0.2, 0) is 0 Å². The van der Waals surface area contributed by atoms with Crippen LogP contribution in [0.5, 0.6) is 5.75 Å². The molecule has 0 aliphatic rings.